The predicted molar refractivity (Wildman–Crippen MR) is 86.8 cm³/mol. The average Bonchev–Trinajstić information content (AvgIpc) is 2.91. The maximum absolute atomic E-state index is 6.23. The first-order valence-corrected chi connectivity index (χ1v) is 7.54. The molecule has 2 N–H and O–H groups in total. The fraction of sp³-hybridized carbons (Fsp3) is 0.286. The summed E-state index contributed by atoms with van der Waals surface area (Å²) in [5.41, 5.74) is 13.0. The van der Waals surface area contributed by atoms with E-state index in [4.69, 9.17) is 17.3 Å². The van der Waals surface area contributed by atoms with E-state index in [1.165, 1.54) is 11.7 Å². The molecular formula is C14H14ClN5S. The van der Waals surface area contributed by atoms with Gasteiger partial charge in [0.05, 0.1) is 17.4 Å². The van der Waals surface area contributed by atoms with E-state index in [0.717, 1.165) is 44.7 Å². The van der Waals surface area contributed by atoms with Crippen molar-refractivity contribution in [2.45, 2.75) is 27.7 Å². The molecule has 108 valence electrons. The molecule has 5 nitrogen and oxygen atoms in total. The lowest BCUT2D eigenvalue weighted by Crippen LogP contribution is -2.02. The van der Waals surface area contributed by atoms with Gasteiger partial charge in [0.15, 0.2) is 0 Å². The largest absolute Gasteiger partial charge is 0.398 e. The maximum Gasteiger partial charge on any atom is 0.136 e. The molecule has 0 fully saturated rings. The number of benzene rings is 1. The number of halogens is 1. The Balaban J connectivity index is 2.49. The second kappa shape index (κ2) is 4.89. The van der Waals surface area contributed by atoms with Crippen LogP contribution >= 0.6 is 23.3 Å². The van der Waals surface area contributed by atoms with Gasteiger partial charge in [0.25, 0.3) is 0 Å². The maximum atomic E-state index is 6.23. The first-order valence-electron chi connectivity index (χ1n) is 6.43. The van der Waals surface area contributed by atoms with Crippen LogP contribution in [0.4, 0.5) is 5.69 Å². The second-order valence-corrected chi connectivity index (χ2v) is 5.92. The SMILES string of the molecule is Cc1nc(Cl)c(C)c(-c2c(C)c(N)c(C)c3nsnc23)n1. The van der Waals surface area contributed by atoms with E-state index in [2.05, 4.69) is 18.7 Å². The van der Waals surface area contributed by atoms with Gasteiger partial charge in [-0.05, 0) is 33.3 Å². The van der Waals surface area contributed by atoms with Crippen molar-refractivity contribution in [3.05, 3.63) is 27.7 Å². The highest BCUT2D eigenvalue weighted by Crippen LogP contribution is 2.38. The summed E-state index contributed by atoms with van der Waals surface area (Å²) in [7, 11) is 0. The molecule has 3 aromatic rings. The van der Waals surface area contributed by atoms with E-state index in [1.807, 2.05) is 27.7 Å². The number of fused-ring (bicyclic) bond motifs is 1. The fourth-order valence-corrected chi connectivity index (χ4v) is 3.26. The summed E-state index contributed by atoms with van der Waals surface area (Å²) in [5, 5.41) is 0.451. The van der Waals surface area contributed by atoms with Gasteiger partial charge in [-0.25, -0.2) is 9.97 Å². The van der Waals surface area contributed by atoms with Crippen LogP contribution < -0.4 is 5.73 Å². The predicted octanol–water partition coefficient (Wildman–Crippen LogP) is 3.62. The molecule has 3 rings (SSSR count). The summed E-state index contributed by atoms with van der Waals surface area (Å²) < 4.78 is 8.78. The van der Waals surface area contributed by atoms with E-state index >= 15 is 0 Å². The number of nitrogen functional groups attached to an aromatic ring is 1. The lowest BCUT2D eigenvalue weighted by molar-refractivity contribution is 1.04. The van der Waals surface area contributed by atoms with Gasteiger partial charge in [-0.2, -0.15) is 8.75 Å². The third kappa shape index (κ3) is 2.06. The molecular weight excluding hydrogens is 306 g/mol. The molecule has 2 heterocycles. The molecule has 0 radical (unpaired) electrons. The van der Waals surface area contributed by atoms with Crippen molar-refractivity contribution in [2.24, 2.45) is 0 Å². The van der Waals surface area contributed by atoms with Crippen LogP contribution in [0.2, 0.25) is 5.15 Å². The van der Waals surface area contributed by atoms with Crippen LogP contribution in [-0.4, -0.2) is 18.7 Å². The first-order chi connectivity index (χ1) is 9.91. The quantitative estimate of drug-likeness (QED) is 0.547. The van der Waals surface area contributed by atoms with Crippen molar-refractivity contribution in [2.75, 3.05) is 5.73 Å². The second-order valence-electron chi connectivity index (χ2n) is 5.04. The Hall–Kier alpha value is -1.79. The molecule has 0 saturated carbocycles. The Labute approximate surface area is 131 Å². The number of anilines is 1. The van der Waals surface area contributed by atoms with Crippen LogP contribution in [0.5, 0.6) is 0 Å². The van der Waals surface area contributed by atoms with Crippen molar-refractivity contribution < 1.29 is 0 Å². The summed E-state index contributed by atoms with van der Waals surface area (Å²) in [6.07, 6.45) is 0. The lowest BCUT2D eigenvalue weighted by Gasteiger charge is -2.14. The molecule has 7 heteroatoms. The Kier molecular flexibility index (Phi) is 3.30. The minimum absolute atomic E-state index is 0.451. The van der Waals surface area contributed by atoms with Gasteiger partial charge < -0.3 is 5.73 Å². The van der Waals surface area contributed by atoms with Gasteiger partial charge in [-0.1, -0.05) is 11.6 Å². The molecule has 0 bridgehead atoms. The standard InChI is InChI=1S/C14H14ClN5S/c1-5-9(11-7(3)14(15)18-8(4)17-11)13-12(19-21-20-13)6(2)10(5)16/h16H2,1-4H3. The molecule has 1 aromatic carbocycles. The van der Waals surface area contributed by atoms with Crippen LogP contribution in [0.1, 0.15) is 22.5 Å². The average molecular weight is 320 g/mol. The molecule has 0 amide bonds. The summed E-state index contributed by atoms with van der Waals surface area (Å²) >= 11 is 7.38. The molecule has 0 aliphatic rings. The molecule has 0 saturated heterocycles. The number of aromatic nitrogens is 4. The molecule has 0 spiro atoms. The minimum Gasteiger partial charge on any atom is -0.398 e. The fourth-order valence-electron chi connectivity index (χ4n) is 2.45. The molecule has 2 aromatic heterocycles. The molecule has 0 aliphatic carbocycles. The Morgan fingerprint density at radius 2 is 1.57 bits per heavy atom. The van der Waals surface area contributed by atoms with Gasteiger partial charge >= 0.3 is 0 Å². The summed E-state index contributed by atoms with van der Waals surface area (Å²) in [6.45, 7) is 7.65. The Morgan fingerprint density at radius 1 is 0.905 bits per heavy atom. The van der Waals surface area contributed by atoms with E-state index in [0.29, 0.717) is 11.0 Å². The highest BCUT2D eigenvalue weighted by Gasteiger charge is 2.21. The van der Waals surface area contributed by atoms with Crippen LogP contribution in [0.25, 0.3) is 22.3 Å². The van der Waals surface area contributed by atoms with Crippen molar-refractivity contribution in [3.8, 4) is 11.3 Å². The number of aryl methyl sites for hydroxylation is 2. The Bertz CT molecular complexity index is 872. The third-order valence-electron chi connectivity index (χ3n) is 3.70. The summed E-state index contributed by atoms with van der Waals surface area (Å²) in [4.78, 5) is 8.74. The number of rotatable bonds is 1. The van der Waals surface area contributed by atoms with Gasteiger partial charge in [0.1, 0.15) is 22.0 Å². The normalized spacial score (nSPS) is 11.3. The number of hydrogen-bond donors (Lipinski definition) is 1. The molecule has 0 atom stereocenters. The zero-order valence-electron chi connectivity index (χ0n) is 12.2. The van der Waals surface area contributed by atoms with Gasteiger partial charge in [0, 0.05) is 22.4 Å². The number of nitrogens with two attached hydrogens (primary N) is 1. The summed E-state index contributed by atoms with van der Waals surface area (Å²) in [6, 6.07) is 0. The van der Waals surface area contributed by atoms with Crippen molar-refractivity contribution in [1.29, 1.82) is 0 Å². The first kappa shape index (κ1) is 14.2. The third-order valence-corrected chi connectivity index (χ3v) is 4.60. The van der Waals surface area contributed by atoms with E-state index in [1.54, 1.807) is 0 Å². The summed E-state index contributed by atoms with van der Waals surface area (Å²) in [5.74, 6) is 0.621. The van der Waals surface area contributed by atoms with E-state index < -0.39 is 0 Å². The van der Waals surface area contributed by atoms with Gasteiger partial charge in [-0.3, -0.25) is 0 Å². The smallest absolute Gasteiger partial charge is 0.136 e. The van der Waals surface area contributed by atoms with E-state index in [-0.39, 0.29) is 0 Å². The molecule has 0 unspecified atom stereocenters. The van der Waals surface area contributed by atoms with Gasteiger partial charge in [-0.15, -0.1) is 0 Å². The van der Waals surface area contributed by atoms with Gasteiger partial charge in [0.2, 0.25) is 0 Å². The molecule has 0 aliphatic heterocycles. The van der Waals surface area contributed by atoms with Crippen LogP contribution in [-0.2, 0) is 0 Å². The molecule has 21 heavy (non-hydrogen) atoms. The highest BCUT2D eigenvalue weighted by atomic mass is 35.5. The van der Waals surface area contributed by atoms with E-state index in [9.17, 15) is 0 Å². The minimum atomic E-state index is 0.451. The highest BCUT2D eigenvalue weighted by molar-refractivity contribution is 7.00. The van der Waals surface area contributed by atoms with Crippen LogP contribution in [0, 0.1) is 27.7 Å². The number of hydrogen-bond acceptors (Lipinski definition) is 6. The van der Waals surface area contributed by atoms with Crippen LogP contribution in [0.3, 0.4) is 0 Å². The Morgan fingerprint density at radius 3 is 2.29 bits per heavy atom. The topological polar surface area (TPSA) is 77.6 Å². The van der Waals surface area contributed by atoms with Crippen molar-refractivity contribution >= 4 is 40.0 Å². The number of nitrogens with zero attached hydrogens (tertiary/aromatic N) is 4. The lowest BCUT2D eigenvalue weighted by atomic mass is 9.96. The van der Waals surface area contributed by atoms with Crippen molar-refractivity contribution in [1.82, 2.24) is 18.7 Å². The zero-order chi connectivity index (χ0) is 15.3. The van der Waals surface area contributed by atoms with Crippen molar-refractivity contribution in [3.63, 3.8) is 0 Å². The zero-order valence-corrected chi connectivity index (χ0v) is 13.7. The monoisotopic (exact) mass is 319 g/mol. The van der Waals surface area contributed by atoms with Crippen LogP contribution in [0.15, 0.2) is 0 Å².